The summed E-state index contributed by atoms with van der Waals surface area (Å²) >= 11 is 8.71. The van der Waals surface area contributed by atoms with E-state index in [-0.39, 0.29) is 11.8 Å². The van der Waals surface area contributed by atoms with Crippen LogP contribution in [0, 0.1) is 0 Å². The number of amides is 2. The maximum absolute atomic E-state index is 12.5. The molecule has 0 aliphatic carbocycles. The van der Waals surface area contributed by atoms with Crippen molar-refractivity contribution in [3.63, 3.8) is 0 Å². The summed E-state index contributed by atoms with van der Waals surface area (Å²) in [5.74, 6) is -1.33. The number of halogens is 1. The van der Waals surface area contributed by atoms with Crippen LogP contribution >= 0.6 is 34.9 Å². The molecule has 0 saturated carbocycles. The molecule has 0 fully saturated rings. The molecular weight excluding hydrogens is 328 g/mol. The van der Waals surface area contributed by atoms with Crippen LogP contribution in [0.25, 0.3) is 0 Å². The highest BCUT2D eigenvalue weighted by molar-refractivity contribution is 7.99. The summed E-state index contributed by atoms with van der Waals surface area (Å²) in [5.41, 5.74) is 1.40. The van der Waals surface area contributed by atoms with Gasteiger partial charge in [0.25, 0.3) is 0 Å². The molecule has 2 heterocycles. The second-order valence-corrected chi connectivity index (χ2v) is 7.27. The lowest BCUT2D eigenvalue weighted by molar-refractivity contribution is -0.132. The Kier molecular flexibility index (Phi) is 3.93. The van der Waals surface area contributed by atoms with Gasteiger partial charge in [-0.3, -0.25) is 13.9 Å². The number of nitrogens with zero attached hydrogens (tertiary/aromatic N) is 1. The fraction of sp³-hybridized carbons (Fsp3) is 0.143. The van der Waals surface area contributed by atoms with Gasteiger partial charge in [0.1, 0.15) is 5.92 Å². The number of likely N-dealkylation sites (N-methyl/N-ethyl adjacent to an activating group) is 1. The Morgan fingerprint density at radius 1 is 1.29 bits per heavy atom. The predicted molar refractivity (Wildman–Crippen MR) is 85.8 cm³/mol. The molecule has 1 atom stereocenters. The predicted octanol–water partition coefficient (Wildman–Crippen LogP) is 3.60. The van der Waals surface area contributed by atoms with Crippen LogP contribution in [0.2, 0.25) is 5.02 Å². The van der Waals surface area contributed by atoms with Crippen molar-refractivity contribution in [2.24, 2.45) is 0 Å². The normalized spacial score (nSPS) is 17.5. The van der Waals surface area contributed by atoms with E-state index < -0.39 is 5.92 Å². The Balaban J connectivity index is 1.87. The van der Waals surface area contributed by atoms with Crippen molar-refractivity contribution in [1.29, 1.82) is 0 Å². The molecule has 1 N–H and O–H groups in total. The Labute approximate surface area is 135 Å². The first-order valence-electron chi connectivity index (χ1n) is 6.15. The largest absolute Gasteiger partial charge is 0.325 e. The lowest BCUT2D eigenvalue weighted by atomic mass is 10.00. The average Bonchev–Trinajstić information content (AvgIpc) is 2.90. The smallest absolute Gasteiger partial charge is 0.249 e. The molecule has 0 saturated heterocycles. The first kappa shape index (κ1) is 14.4. The number of hydrogen-bond donors (Lipinski definition) is 1. The number of benzene rings is 1. The van der Waals surface area contributed by atoms with Gasteiger partial charge in [0.05, 0.1) is 4.21 Å². The summed E-state index contributed by atoms with van der Waals surface area (Å²) in [5, 5.41) is 5.26. The van der Waals surface area contributed by atoms with Crippen LogP contribution in [0.4, 0.5) is 5.69 Å². The number of nitrogens with one attached hydrogen (secondary N) is 1. The van der Waals surface area contributed by atoms with Gasteiger partial charge in [0, 0.05) is 35.3 Å². The summed E-state index contributed by atoms with van der Waals surface area (Å²) in [7, 11) is 1.68. The van der Waals surface area contributed by atoms with Crippen LogP contribution in [0.5, 0.6) is 0 Å². The van der Waals surface area contributed by atoms with Crippen molar-refractivity contribution in [3.8, 4) is 0 Å². The third-order valence-electron chi connectivity index (χ3n) is 3.12. The van der Waals surface area contributed by atoms with E-state index >= 15 is 0 Å². The molecule has 0 bridgehead atoms. The van der Waals surface area contributed by atoms with Gasteiger partial charge in [0.15, 0.2) is 0 Å². The van der Waals surface area contributed by atoms with Crippen LogP contribution in [-0.4, -0.2) is 23.2 Å². The number of anilines is 1. The van der Waals surface area contributed by atoms with Gasteiger partial charge in [-0.05, 0) is 35.7 Å². The molecule has 1 aromatic heterocycles. The number of rotatable bonds is 2. The molecule has 1 aliphatic rings. The highest BCUT2D eigenvalue weighted by Gasteiger charge is 2.38. The number of hydrogen-bond acceptors (Lipinski definition) is 4. The molecular formula is C14H11ClN2O2S2. The summed E-state index contributed by atoms with van der Waals surface area (Å²) in [6.45, 7) is 0. The van der Waals surface area contributed by atoms with E-state index in [0.717, 1.165) is 9.77 Å². The number of fused-ring (bicyclic) bond motifs is 1. The molecule has 2 amide bonds. The first-order chi connectivity index (χ1) is 10.1. The Morgan fingerprint density at radius 2 is 2.00 bits per heavy atom. The summed E-state index contributed by atoms with van der Waals surface area (Å²) in [6.07, 6.45) is 0. The third-order valence-corrected chi connectivity index (χ3v) is 5.46. The van der Waals surface area contributed by atoms with Crippen LogP contribution < -0.4 is 5.32 Å². The monoisotopic (exact) mass is 338 g/mol. The average molecular weight is 339 g/mol. The molecule has 108 valence electrons. The third kappa shape index (κ3) is 2.79. The fourth-order valence-electron chi connectivity index (χ4n) is 2.08. The minimum Gasteiger partial charge on any atom is -0.325 e. The zero-order valence-corrected chi connectivity index (χ0v) is 13.4. The second-order valence-electron chi connectivity index (χ2n) is 4.52. The molecule has 1 unspecified atom stereocenters. The van der Waals surface area contributed by atoms with Crippen molar-refractivity contribution in [3.05, 3.63) is 46.3 Å². The van der Waals surface area contributed by atoms with Crippen LogP contribution in [0.3, 0.4) is 0 Å². The zero-order chi connectivity index (χ0) is 15.0. The Bertz CT molecular complexity index is 699. The van der Waals surface area contributed by atoms with Crippen molar-refractivity contribution >= 4 is 52.4 Å². The molecule has 3 rings (SSSR count). The van der Waals surface area contributed by atoms with Gasteiger partial charge in [-0.1, -0.05) is 11.6 Å². The number of thiophene rings is 1. The van der Waals surface area contributed by atoms with E-state index in [0.29, 0.717) is 10.7 Å². The molecule has 0 radical (unpaired) electrons. The molecule has 21 heavy (non-hydrogen) atoms. The van der Waals surface area contributed by atoms with Gasteiger partial charge in [-0.25, -0.2) is 0 Å². The second kappa shape index (κ2) is 5.71. The molecule has 7 heteroatoms. The fourth-order valence-corrected chi connectivity index (χ4v) is 4.27. The molecule has 0 spiro atoms. The van der Waals surface area contributed by atoms with Crippen molar-refractivity contribution in [2.45, 2.75) is 10.1 Å². The maximum Gasteiger partial charge on any atom is 0.249 e. The van der Waals surface area contributed by atoms with Gasteiger partial charge in [-0.15, -0.1) is 11.3 Å². The van der Waals surface area contributed by atoms with Gasteiger partial charge >= 0.3 is 0 Å². The standard InChI is InChI=1S/C14H11ClN2O2S2/c1-17-13(19)11(10-6-7-20-14(10)21-17)12(18)16-9-4-2-8(15)3-5-9/h2-7,11H,1H3,(H,16,18). The molecule has 4 nitrogen and oxygen atoms in total. The van der Waals surface area contributed by atoms with Gasteiger partial charge in [-0.2, -0.15) is 0 Å². The minimum absolute atomic E-state index is 0.211. The van der Waals surface area contributed by atoms with Crippen molar-refractivity contribution in [2.75, 3.05) is 12.4 Å². The summed E-state index contributed by atoms with van der Waals surface area (Å²) in [4.78, 5) is 24.8. The molecule has 1 aliphatic heterocycles. The lowest BCUT2D eigenvalue weighted by Gasteiger charge is -2.27. The van der Waals surface area contributed by atoms with E-state index in [1.54, 1.807) is 31.3 Å². The number of carbonyl (C=O) groups excluding carboxylic acids is 2. The highest BCUT2D eigenvalue weighted by atomic mass is 35.5. The lowest BCUT2D eigenvalue weighted by Crippen LogP contribution is -2.37. The minimum atomic E-state index is -0.798. The summed E-state index contributed by atoms with van der Waals surface area (Å²) < 4.78 is 2.48. The van der Waals surface area contributed by atoms with Crippen molar-refractivity contribution in [1.82, 2.24) is 4.31 Å². The quantitative estimate of drug-likeness (QED) is 0.672. The zero-order valence-electron chi connectivity index (χ0n) is 11.0. The van der Waals surface area contributed by atoms with E-state index in [9.17, 15) is 9.59 Å². The van der Waals surface area contributed by atoms with Crippen LogP contribution in [-0.2, 0) is 9.59 Å². The maximum atomic E-state index is 12.5. The van der Waals surface area contributed by atoms with Crippen molar-refractivity contribution < 1.29 is 9.59 Å². The van der Waals surface area contributed by atoms with E-state index in [4.69, 9.17) is 11.6 Å². The van der Waals surface area contributed by atoms with E-state index in [2.05, 4.69) is 5.32 Å². The van der Waals surface area contributed by atoms with Gasteiger partial charge in [0.2, 0.25) is 11.8 Å². The Hall–Kier alpha value is -1.50. The first-order valence-corrected chi connectivity index (χ1v) is 8.18. The number of carbonyl (C=O) groups is 2. The van der Waals surface area contributed by atoms with E-state index in [1.165, 1.54) is 27.6 Å². The SMILES string of the molecule is CN1Sc2sccc2C(C(=O)Nc2ccc(Cl)cc2)C1=O. The van der Waals surface area contributed by atoms with Crippen LogP contribution in [0.15, 0.2) is 39.9 Å². The highest BCUT2D eigenvalue weighted by Crippen LogP contribution is 2.41. The van der Waals surface area contributed by atoms with E-state index in [1.807, 2.05) is 11.4 Å². The van der Waals surface area contributed by atoms with Gasteiger partial charge < -0.3 is 5.32 Å². The summed E-state index contributed by atoms with van der Waals surface area (Å²) in [6, 6.07) is 8.64. The molecule has 2 aromatic rings. The van der Waals surface area contributed by atoms with Crippen LogP contribution in [0.1, 0.15) is 11.5 Å². The Morgan fingerprint density at radius 3 is 2.71 bits per heavy atom. The molecule has 1 aromatic carbocycles. The topological polar surface area (TPSA) is 49.4 Å².